The zero-order valence-corrected chi connectivity index (χ0v) is 7.73. The summed E-state index contributed by atoms with van der Waals surface area (Å²) in [5.74, 6) is -0.176. The first-order valence-electron chi connectivity index (χ1n) is 4.28. The first-order chi connectivity index (χ1) is 6.02. The van der Waals surface area contributed by atoms with Crippen molar-refractivity contribution in [3.63, 3.8) is 0 Å². The van der Waals surface area contributed by atoms with Crippen molar-refractivity contribution in [3.8, 4) is 0 Å². The predicted molar refractivity (Wildman–Crippen MR) is 45.0 cm³/mol. The lowest BCUT2D eigenvalue weighted by Gasteiger charge is -2.14. The lowest BCUT2D eigenvalue weighted by atomic mass is 10.1. The number of carbonyl (C=O) groups is 1. The Bertz CT molecular complexity index is 197. The number of hydrogen-bond acceptors (Lipinski definition) is 4. The van der Waals surface area contributed by atoms with Crippen LogP contribution in [0.4, 0.5) is 0 Å². The molecule has 1 saturated heterocycles. The quantitative estimate of drug-likeness (QED) is 0.501. The summed E-state index contributed by atoms with van der Waals surface area (Å²) in [6, 6.07) is 0. The van der Waals surface area contributed by atoms with Crippen LogP contribution in [0.1, 0.15) is 13.8 Å². The summed E-state index contributed by atoms with van der Waals surface area (Å²) in [6.45, 7) is 3.31. The van der Waals surface area contributed by atoms with Crippen LogP contribution in [-0.4, -0.2) is 47.1 Å². The molecule has 13 heavy (non-hydrogen) atoms. The van der Waals surface area contributed by atoms with Gasteiger partial charge in [0.15, 0.2) is 0 Å². The van der Waals surface area contributed by atoms with Crippen LogP contribution in [-0.2, 0) is 9.53 Å². The van der Waals surface area contributed by atoms with Gasteiger partial charge in [-0.1, -0.05) is 0 Å². The fourth-order valence-corrected chi connectivity index (χ4v) is 1.35. The van der Waals surface area contributed by atoms with Gasteiger partial charge in [-0.2, -0.15) is 0 Å². The molecule has 0 spiro atoms. The molecular formula is C8H15NO4. The molecule has 5 heteroatoms. The van der Waals surface area contributed by atoms with Gasteiger partial charge < -0.3 is 20.3 Å². The van der Waals surface area contributed by atoms with E-state index in [4.69, 9.17) is 4.74 Å². The smallest absolute Gasteiger partial charge is 0.216 e. The normalized spacial score (nSPS) is 39.1. The zero-order valence-electron chi connectivity index (χ0n) is 7.73. The highest BCUT2D eigenvalue weighted by molar-refractivity contribution is 5.72. The van der Waals surface area contributed by atoms with Crippen LogP contribution >= 0.6 is 0 Å². The van der Waals surface area contributed by atoms with E-state index in [1.807, 2.05) is 0 Å². The van der Waals surface area contributed by atoms with Gasteiger partial charge in [0.05, 0.1) is 6.10 Å². The third-order valence-electron chi connectivity index (χ3n) is 2.15. The van der Waals surface area contributed by atoms with Crippen molar-refractivity contribution in [2.45, 2.75) is 38.3 Å². The first-order valence-corrected chi connectivity index (χ1v) is 4.28. The molecule has 0 aromatic rings. The largest absolute Gasteiger partial charge is 0.388 e. The summed E-state index contributed by atoms with van der Waals surface area (Å²) < 4.78 is 5.22. The molecule has 1 fully saturated rings. The van der Waals surface area contributed by atoms with Gasteiger partial charge in [-0.05, 0) is 6.92 Å². The highest BCUT2D eigenvalue weighted by Gasteiger charge is 2.39. The molecule has 0 bridgehead atoms. The van der Waals surface area contributed by atoms with Crippen molar-refractivity contribution in [1.82, 2.24) is 5.32 Å². The summed E-state index contributed by atoms with van der Waals surface area (Å²) in [4.78, 5) is 10.6. The second kappa shape index (κ2) is 4.04. The molecule has 1 aliphatic rings. The van der Waals surface area contributed by atoms with Crippen LogP contribution < -0.4 is 5.32 Å². The van der Waals surface area contributed by atoms with Crippen LogP contribution in [0.15, 0.2) is 0 Å². The van der Waals surface area contributed by atoms with E-state index < -0.39 is 18.3 Å². The standard InChI is InChI=1S/C8H15NO4/c1-4-7(11)8(12)6(13-4)3-9-5(2)10/h4,6-8,11-12H,3H2,1-2H3,(H,9,10)/t4-,6+,7?,8-/m0/s1. The lowest BCUT2D eigenvalue weighted by molar-refractivity contribution is -0.119. The Morgan fingerprint density at radius 3 is 2.46 bits per heavy atom. The first kappa shape index (κ1) is 10.4. The van der Waals surface area contributed by atoms with E-state index in [1.165, 1.54) is 6.92 Å². The fourth-order valence-electron chi connectivity index (χ4n) is 1.35. The number of aliphatic hydroxyl groups excluding tert-OH is 2. The highest BCUT2D eigenvalue weighted by atomic mass is 16.5. The van der Waals surface area contributed by atoms with Crippen molar-refractivity contribution in [3.05, 3.63) is 0 Å². The van der Waals surface area contributed by atoms with Gasteiger partial charge in [0.25, 0.3) is 0 Å². The number of amides is 1. The van der Waals surface area contributed by atoms with Crippen LogP contribution in [0.5, 0.6) is 0 Å². The predicted octanol–water partition coefficient (Wildman–Crippen LogP) is -1.37. The monoisotopic (exact) mass is 189 g/mol. The Morgan fingerprint density at radius 2 is 2.08 bits per heavy atom. The average molecular weight is 189 g/mol. The maximum absolute atomic E-state index is 10.6. The topological polar surface area (TPSA) is 78.8 Å². The zero-order chi connectivity index (χ0) is 10.0. The van der Waals surface area contributed by atoms with Crippen molar-refractivity contribution >= 4 is 5.91 Å². The van der Waals surface area contributed by atoms with Crippen molar-refractivity contribution in [2.24, 2.45) is 0 Å². The van der Waals surface area contributed by atoms with E-state index >= 15 is 0 Å². The van der Waals surface area contributed by atoms with E-state index in [0.29, 0.717) is 0 Å². The van der Waals surface area contributed by atoms with Crippen molar-refractivity contribution in [1.29, 1.82) is 0 Å². The minimum Gasteiger partial charge on any atom is -0.388 e. The van der Waals surface area contributed by atoms with Gasteiger partial charge in [-0.15, -0.1) is 0 Å². The van der Waals surface area contributed by atoms with Gasteiger partial charge in [0, 0.05) is 13.5 Å². The number of ether oxygens (including phenoxy) is 1. The Kier molecular flexibility index (Phi) is 3.24. The van der Waals surface area contributed by atoms with Crippen LogP contribution in [0.3, 0.4) is 0 Å². The minimum absolute atomic E-state index is 0.176. The van der Waals surface area contributed by atoms with Gasteiger partial charge in [0.1, 0.15) is 18.3 Å². The Morgan fingerprint density at radius 1 is 1.46 bits per heavy atom. The molecule has 76 valence electrons. The summed E-state index contributed by atoms with van der Waals surface area (Å²) in [6.07, 6.45) is -2.66. The molecule has 5 nitrogen and oxygen atoms in total. The molecule has 0 aliphatic carbocycles. The average Bonchev–Trinajstić information content (AvgIpc) is 2.29. The Hall–Kier alpha value is -0.650. The molecule has 0 radical (unpaired) electrons. The summed E-state index contributed by atoms with van der Waals surface area (Å²) in [7, 11) is 0. The fraction of sp³-hybridized carbons (Fsp3) is 0.875. The van der Waals surface area contributed by atoms with E-state index in [9.17, 15) is 15.0 Å². The molecule has 0 aromatic heterocycles. The van der Waals surface area contributed by atoms with E-state index in [-0.39, 0.29) is 18.6 Å². The minimum atomic E-state index is -0.915. The molecule has 0 aromatic carbocycles. The van der Waals surface area contributed by atoms with E-state index in [0.717, 1.165) is 0 Å². The third-order valence-corrected chi connectivity index (χ3v) is 2.15. The summed E-state index contributed by atoms with van der Waals surface area (Å²) >= 11 is 0. The third kappa shape index (κ3) is 2.40. The second-order valence-corrected chi connectivity index (χ2v) is 3.30. The lowest BCUT2D eigenvalue weighted by Crippen LogP contribution is -2.39. The highest BCUT2D eigenvalue weighted by Crippen LogP contribution is 2.19. The van der Waals surface area contributed by atoms with Crippen molar-refractivity contribution in [2.75, 3.05) is 6.54 Å². The molecule has 1 rings (SSSR count). The Balaban J connectivity index is 2.40. The van der Waals surface area contributed by atoms with E-state index in [2.05, 4.69) is 5.32 Å². The number of carbonyl (C=O) groups excluding carboxylic acids is 1. The molecule has 1 unspecified atom stereocenters. The molecule has 1 heterocycles. The number of hydrogen-bond donors (Lipinski definition) is 3. The summed E-state index contributed by atoms with van der Waals surface area (Å²) in [5, 5.41) is 21.3. The number of aliphatic hydroxyl groups is 2. The van der Waals surface area contributed by atoms with Crippen LogP contribution in [0.2, 0.25) is 0 Å². The second-order valence-electron chi connectivity index (χ2n) is 3.30. The van der Waals surface area contributed by atoms with Gasteiger partial charge in [-0.25, -0.2) is 0 Å². The molecular weight excluding hydrogens is 174 g/mol. The molecule has 0 saturated carbocycles. The van der Waals surface area contributed by atoms with E-state index in [1.54, 1.807) is 6.92 Å². The van der Waals surface area contributed by atoms with Gasteiger partial charge >= 0.3 is 0 Å². The molecule has 3 N–H and O–H groups in total. The SMILES string of the molecule is CC(=O)NC[C@H]1O[C@@H](C)C(O)[C@H]1O. The number of nitrogens with one attached hydrogen (secondary N) is 1. The van der Waals surface area contributed by atoms with Crippen LogP contribution in [0, 0.1) is 0 Å². The molecule has 1 amide bonds. The molecule has 1 aliphatic heterocycles. The summed E-state index contributed by atoms with van der Waals surface area (Å²) in [5.41, 5.74) is 0. The van der Waals surface area contributed by atoms with Crippen LogP contribution in [0.25, 0.3) is 0 Å². The molecule has 4 atom stereocenters. The number of rotatable bonds is 2. The maximum Gasteiger partial charge on any atom is 0.216 e. The maximum atomic E-state index is 10.6. The Labute approximate surface area is 76.7 Å². The van der Waals surface area contributed by atoms with Gasteiger partial charge in [-0.3, -0.25) is 4.79 Å². The van der Waals surface area contributed by atoms with Gasteiger partial charge in [0.2, 0.25) is 5.91 Å². The van der Waals surface area contributed by atoms with Crippen molar-refractivity contribution < 1.29 is 19.7 Å².